The zero-order chi connectivity index (χ0) is 17.4. The van der Waals surface area contributed by atoms with Crippen LogP contribution in [-0.2, 0) is 16.0 Å². The van der Waals surface area contributed by atoms with Gasteiger partial charge in [-0.2, -0.15) is 0 Å². The largest absolute Gasteiger partial charge is 0.481 e. The van der Waals surface area contributed by atoms with Crippen molar-refractivity contribution >= 4 is 22.8 Å². The highest BCUT2D eigenvalue weighted by Gasteiger charge is 2.10. The van der Waals surface area contributed by atoms with Crippen molar-refractivity contribution in [3.63, 3.8) is 0 Å². The van der Waals surface area contributed by atoms with Crippen molar-refractivity contribution in [1.82, 2.24) is 10.3 Å². The Kier molecular flexibility index (Phi) is 6.85. The molecule has 0 aliphatic carbocycles. The number of H-pyrrole nitrogens is 1. The van der Waals surface area contributed by atoms with Crippen molar-refractivity contribution in [3.05, 3.63) is 35.5 Å². The van der Waals surface area contributed by atoms with Crippen LogP contribution in [0.25, 0.3) is 10.9 Å². The van der Waals surface area contributed by atoms with E-state index in [-0.39, 0.29) is 12.3 Å². The number of unbranched alkanes of at least 4 members (excludes halogenated alkanes) is 4. The number of hydrogen-bond acceptors (Lipinski definition) is 2. The van der Waals surface area contributed by atoms with Gasteiger partial charge in [0.2, 0.25) is 5.91 Å². The molecule has 1 amide bonds. The van der Waals surface area contributed by atoms with E-state index in [1.807, 2.05) is 18.3 Å². The number of carbonyl (C=O) groups excluding carboxylic acids is 1. The minimum Gasteiger partial charge on any atom is -0.481 e. The Labute approximate surface area is 142 Å². The van der Waals surface area contributed by atoms with E-state index in [4.69, 9.17) is 5.11 Å². The van der Waals surface area contributed by atoms with E-state index < -0.39 is 5.97 Å². The maximum Gasteiger partial charge on any atom is 0.303 e. The summed E-state index contributed by atoms with van der Waals surface area (Å²) >= 11 is 0. The number of rotatable bonds is 10. The summed E-state index contributed by atoms with van der Waals surface area (Å²) < 4.78 is 0. The van der Waals surface area contributed by atoms with Crippen molar-refractivity contribution in [2.45, 2.75) is 51.9 Å². The van der Waals surface area contributed by atoms with E-state index in [0.29, 0.717) is 13.0 Å². The average Bonchev–Trinajstić information content (AvgIpc) is 2.94. The smallest absolute Gasteiger partial charge is 0.303 e. The Morgan fingerprint density at radius 1 is 1.12 bits per heavy atom. The van der Waals surface area contributed by atoms with Crippen LogP contribution < -0.4 is 5.32 Å². The van der Waals surface area contributed by atoms with Crippen LogP contribution in [0.2, 0.25) is 0 Å². The van der Waals surface area contributed by atoms with Gasteiger partial charge in [-0.1, -0.05) is 31.4 Å². The van der Waals surface area contributed by atoms with Gasteiger partial charge in [0.15, 0.2) is 0 Å². The number of aromatic nitrogens is 1. The minimum atomic E-state index is -0.727. The van der Waals surface area contributed by atoms with Gasteiger partial charge in [0.05, 0.1) is 6.42 Å². The maximum absolute atomic E-state index is 12.1. The highest BCUT2D eigenvalue weighted by molar-refractivity contribution is 5.90. The highest BCUT2D eigenvalue weighted by atomic mass is 16.4. The number of amides is 1. The van der Waals surface area contributed by atoms with Crippen LogP contribution >= 0.6 is 0 Å². The maximum atomic E-state index is 12.1. The number of carboxylic acids is 1. The number of benzene rings is 1. The highest BCUT2D eigenvalue weighted by Crippen LogP contribution is 2.22. The molecule has 2 rings (SSSR count). The lowest BCUT2D eigenvalue weighted by molar-refractivity contribution is -0.137. The molecule has 0 saturated carbocycles. The Morgan fingerprint density at radius 3 is 2.67 bits per heavy atom. The van der Waals surface area contributed by atoms with Gasteiger partial charge in [0.25, 0.3) is 0 Å². The van der Waals surface area contributed by atoms with Gasteiger partial charge < -0.3 is 15.4 Å². The Balaban J connectivity index is 1.66. The summed E-state index contributed by atoms with van der Waals surface area (Å²) in [5, 5.41) is 12.7. The number of aliphatic carboxylic acids is 1. The molecule has 0 unspecified atom stereocenters. The summed E-state index contributed by atoms with van der Waals surface area (Å²) in [5.74, 6) is -0.681. The summed E-state index contributed by atoms with van der Waals surface area (Å²) in [6.07, 6.45) is 7.21. The van der Waals surface area contributed by atoms with Crippen LogP contribution in [0.5, 0.6) is 0 Å². The van der Waals surface area contributed by atoms with Gasteiger partial charge in [-0.05, 0) is 37.0 Å². The molecule has 5 heteroatoms. The lowest BCUT2D eigenvalue weighted by Gasteiger charge is -2.06. The molecule has 1 heterocycles. The first-order valence-corrected chi connectivity index (χ1v) is 8.62. The zero-order valence-electron chi connectivity index (χ0n) is 14.2. The van der Waals surface area contributed by atoms with Crippen molar-refractivity contribution in [1.29, 1.82) is 0 Å². The van der Waals surface area contributed by atoms with Crippen LogP contribution in [-0.4, -0.2) is 28.5 Å². The van der Waals surface area contributed by atoms with E-state index in [1.54, 1.807) is 0 Å². The first-order chi connectivity index (χ1) is 11.6. The second-order valence-electron chi connectivity index (χ2n) is 6.25. The van der Waals surface area contributed by atoms with Crippen molar-refractivity contribution in [2.24, 2.45) is 0 Å². The predicted molar refractivity (Wildman–Crippen MR) is 95.1 cm³/mol. The summed E-state index contributed by atoms with van der Waals surface area (Å²) in [6.45, 7) is 2.74. The van der Waals surface area contributed by atoms with Crippen LogP contribution in [0.4, 0.5) is 0 Å². The standard InChI is InChI=1S/C19H26N2O3/c1-14-8-7-9-16-19(14)15(13-21-16)12-17(22)20-11-6-4-2-3-5-10-18(23)24/h7-9,13,21H,2-6,10-12H2,1H3,(H,20,22)(H,23,24). The number of fused-ring (bicyclic) bond motifs is 1. The van der Waals surface area contributed by atoms with Crippen LogP contribution in [0.1, 0.15) is 49.7 Å². The van der Waals surface area contributed by atoms with Gasteiger partial charge in [0, 0.05) is 30.1 Å². The van der Waals surface area contributed by atoms with Gasteiger partial charge in [-0.25, -0.2) is 0 Å². The second-order valence-corrected chi connectivity index (χ2v) is 6.25. The molecule has 3 N–H and O–H groups in total. The number of carbonyl (C=O) groups is 2. The lowest BCUT2D eigenvalue weighted by Crippen LogP contribution is -2.26. The normalized spacial score (nSPS) is 10.9. The fourth-order valence-electron chi connectivity index (χ4n) is 2.99. The number of aryl methyl sites for hydroxylation is 1. The molecular formula is C19H26N2O3. The zero-order valence-corrected chi connectivity index (χ0v) is 14.2. The molecule has 0 radical (unpaired) electrons. The molecule has 0 fully saturated rings. The van der Waals surface area contributed by atoms with E-state index in [0.717, 1.165) is 48.6 Å². The van der Waals surface area contributed by atoms with Gasteiger partial charge in [-0.15, -0.1) is 0 Å². The first kappa shape index (κ1) is 18.0. The number of carboxylic acid groups (broad SMARTS) is 1. The molecule has 0 aliphatic rings. The van der Waals surface area contributed by atoms with Crippen molar-refractivity contribution in [2.75, 3.05) is 6.54 Å². The molecular weight excluding hydrogens is 304 g/mol. The molecule has 5 nitrogen and oxygen atoms in total. The van der Waals surface area contributed by atoms with E-state index in [2.05, 4.69) is 23.3 Å². The molecule has 1 aromatic heterocycles. The van der Waals surface area contributed by atoms with Crippen LogP contribution in [0, 0.1) is 6.92 Å². The number of aromatic amines is 1. The quantitative estimate of drug-likeness (QED) is 0.583. The van der Waals surface area contributed by atoms with Crippen LogP contribution in [0.15, 0.2) is 24.4 Å². The predicted octanol–water partition coefficient (Wildman–Crippen LogP) is 3.56. The monoisotopic (exact) mass is 330 g/mol. The first-order valence-electron chi connectivity index (χ1n) is 8.62. The Morgan fingerprint density at radius 2 is 1.88 bits per heavy atom. The summed E-state index contributed by atoms with van der Waals surface area (Å²) in [4.78, 5) is 25.7. The molecule has 0 bridgehead atoms. The second kappa shape index (κ2) is 9.11. The molecule has 0 atom stereocenters. The number of hydrogen-bond donors (Lipinski definition) is 3. The van der Waals surface area contributed by atoms with Crippen molar-refractivity contribution < 1.29 is 14.7 Å². The molecule has 0 aliphatic heterocycles. The van der Waals surface area contributed by atoms with Gasteiger partial charge in [-0.3, -0.25) is 9.59 Å². The van der Waals surface area contributed by atoms with Gasteiger partial charge >= 0.3 is 5.97 Å². The summed E-state index contributed by atoms with van der Waals surface area (Å²) in [7, 11) is 0. The Bertz CT molecular complexity index is 691. The third kappa shape index (κ3) is 5.41. The van der Waals surface area contributed by atoms with Crippen molar-refractivity contribution in [3.8, 4) is 0 Å². The fraction of sp³-hybridized carbons (Fsp3) is 0.474. The average molecular weight is 330 g/mol. The number of nitrogens with one attached hydrogen (secondary N) is 2. The van der Waals surface area contributed by atoms with E-state index in [9.17, 15) is 9.59 Å². The lowest BCUT2D eigenvalue weighted by atomic mass is 10.1. The third-order valence-electron chi connectivity index (χ3n) is 4.24. The molecule has 2 aromatic rings. The SMILES string of the molecule is Cc1cccc2[nH]cc(CC(=O)NCCCCCCCC(=O)O)c12. The topological polar surface area (TPSA) is 82.2 Å². The van der Waals surface area contributed by atoms with Crippen LogP contribution in [0.3, 0.4) is 0 Å². The summed E-state index contributed by atoms with van der Waals surface area (Å²) in [6, 6.07) is 6.09. The fourth-order valence-corrected chi connectivity index (χ4v) is 2.99. The van der Waals surface area contributed by atoms with E-state index >= 15 is 0 Å². The van der Waals surface area contributed by atoms with E-state index in [1.165, 1.54) is 5.56 Å². The third-order valence-corrected chi connectivity index (χ3v) is 4.24. The molecule has 0 spiro atoms. The molecule has 130 valence electrons. The molecule has 1 aromatic carbocycles. The minimum absolute atomic E-state index is 0.0463. The molecule has 0 saturated heterocycles. The van der Waals surface area contributed by atoms with Gasteiger partial charge in [0.1, 0.15) is 0 Å². The summed E-state index contributed by atoms with van der Waals surface area (Å²) in [5.41, 5.74) is 3.28. The molecule has 24 heavy (non-hydrogen) atoms. The Hall–Kier alpha value is -2.30.